The highest BCUT2D eigenvalue weighted by Crippen LogP contribution is 2.27. The molecule has 1 aliphatic heterocycles. The van der Waals surface area contributed by atoms with Gasteiger partial charge < -0.3 is 20.5 Å². The number of aliphatic carboxylic acids is 1. The number of nitrogens with zero attached hydrogens (tertiary/aromatic N) is 2. The number of alkyl halides is 2. The van der Waals surface area contributed by atoms with E-state index in [-0.39, 0.29) is 6.54 Å². The molecule has 0 atom stereocenters. The van der Waals surface area contributed by atoms with Gasteiger partial charge in [-0.05, 0) is 18.2 Å². The molecule has 0 saturated carbocycles. The summed E-state index contributed by atoms with van der Waals surface area (Å²) in [5.74, 6) is -0.737. The number of rotatable bonds is 5. The molecule has 1 aliphatic rings. The quantitative estimate of drug-likeness (QED) is 0.794. The maximum Gasteiger partial charge on any atom is 0.341 e. The highest BCUT2D eigenvalue weighted by Gasteiger charge is 2.17. The molecule has 0 amide bonds. The number of benzene rings is 1. The zero-order valence-electron chi connectivity index (χ0n) is 13.5. The standard InChI is InChI=1S/C8H6Cl2O3.C7H13F2N3/c9-5-1-2-7(6(10)3-5)13-4-8(11)12;1-11-2-6(10)3-12(5-11)4-7(8)9/h1-3H,4H2,(H,11,12);2,7H,3-5,10H2,1H3. The Balaban J connectivity index is 0.000000251. The summed E-state index contributed by atoms with van der Waals surface area (Å²) in [6.07, 6.45) is -0.522. The Bertz CT molecular complexity index is 618. The van der Waals surface area contributed by atoms with Gasteiger partial charge in [0.2, 0.25) is 0 Å². The molecule has 140 valence electrons. The Kier molecular flexibility index (Phi) is 8.74. The summed E-state index contributed by atoms with van der Waals surface area (Å²) >= 11 is 11.3. The Hall–Kier alpha value is -1.77. The van der Waals surface area contributed by atoms with Crippen LogP contribution in [0.25, 0.3) is 0 Å². The van der Waals surface area contributed by atoms with Gasteiger partial charge in [-0.1, -0.05) is 23.2 Å². The Labute approximate surface area is 154 Å². The van der Waals surface area contributed by atoms with Crippen molar-refractivity contribution in [2.24, 2.45) is 5.73 Å². The Morgan fingerprint density at radius 3 is 2.64 bits per heavy atom. The van der Waals surface area contributed by atoms with Gasteiger partial charge >= 0.3 is 5.97 Å². The van der Waals surface area contributed by atoms with Crippen LogP contribution in [0.3, 0.4) is 0 Å². The molecule has 25 heavy (non-hydrogen) atoms. The van der Waals surface area contributed by atoms with Gasteiger partial charge in [-0.3, -0.25) is 4.90 Å². The molecule has 3 N–H and O–H groups in total. The molecule has 0 aliphatic carbocycles. The molecule has 10 heteroatoms. The van der Waals surface area contributed by atoms with E-state index in [1.807, 2.05) is 7.05 Å². The van der Waals surface area contributed by atoms with Crippen LogP contribution in [0.4, 0.5) is 8.78 Å². The van der Waals surface area contributed by atoms with Crippen LogP contribution in [-0.4, -0.2) is 60.7 Å². The van der Waals surface area contributed by atoms with Crippen LogP contribution in [0, 0.1) is 0 Å². The second kappa shape index (κ2) is 10.3. The van der Waals surface area contributed by atoms with E-state index in [2.05, 4.69) is 0 Å². The fourth-order valence-electron chi connectivity index (χ4n) is 2.04. The molecule has 0 aromatic heterocycles. The summed E-state index contributed by atoms with van der Waals surface area (Å²) in [6, 6.07) is 4.58. The van der Waals surface area contributed by atoms with Gasteiger partial charge in [0.1, 0.15) is 5.75 Å². The van der Waals surface area contributed by atoms with E-state index in [4.69, 9.17) is 38.8 Å². The molecule has 2 rings (SSSR count). The average Bonchev–Trinajstić information content (AvgIpc) is 2.44. The Morgan fingerprint density at radius 1 is 1.44 bits per heavy atom. The lowest BCUT2D eigenvalue weighted by molar-refractivity contribution is -0.139. The molecule has 1 heterocycles. The number of ether oxygens (including phenoxy) is 1. The number of hydrogen-bond donors (Lipinski definition) is 2. The lowest BCUT2D eigenvalue weighted by atomic mass is 10.3. The Morgan fingerprint density at radius 2 is 2.12 bits per heavy atom. The van der Waals surface area contributed by atoms with E-state index in [1.54, 1.807) is 22.1 Å². The molecule has 0 radical (unpaired) electrons. The molecular weight excluding hydrogens is 379 g/mol. The highest BCUT2D eigenvalue weighted by atomic mass is 35.5. The van der Waals surface area contributed by atoms with Crippen LogP contribution in [0.5, 0.6) is 5.75 Å². The number of carbonyl (C=O) groups is 1. The summed E-state index contributed by atoms with van der Waals surface area (Å²) in [7, 11) is 1.81. The number of carboxylic acids is 1. The lowest BCUT2D eigenvalue weighted by Crippen LogP contribution is -2.42. The third-order valence-corrected chi connectivity index (χ3v) is 3.39. The minimum absolute atomic E-state index is 0.209. The van der Waals surface area contributed by atoms with Gasteiger partial charge in [0, 0.05) is 30.5 Å². The largest absolute Gasteiger partial charge is 0.480 e. The first-order valence-corrected chi connectivity index (χ1v) is 7.89. The van der Waals surface area contributed by atoms with Gasteiger partial charge in [-0.2, -0.15) is 0 Å². The zero-order chi connectivity index (χ0) is 19.0. The van der Waals surface area contributed by atoms with Crippen molar-refractivity contribution in [3.05, 3.63) is 40.1 Å². The van der Waals surface area contributed by atoms with Gasteiger partial charge in [0.15, 0.2) is 6.61 Å². The minimum atomic E-state index is -2.29. The van der Waals surface area contributed by atoms with Crippen molar-refractivity contribution >= 4 is 29.2 Å². The SMILES string of the molecule is CN1C=C(N)CN(CC(F)F)C1.O=C(O)COc1ccc(Cl)cc1Cl. The first kappa shape index (κ1) is 21.3. The average molecular weight is 398 g/mol. The van der Waals surface area contributed by atoms with E-state index < -0.39 is 19.0 Å². The van der Waals surface area contributed by atoms with Crippen LogP contribution in [0.1, 0.15) is 0 Å². The van der Waals surface area contributed by atoms with Crippen molar-refractivity contribution in [2.45, 2.75) is 6.43 Å². The number of halogens is 4. The van der Waals surface area contributed by atoms with Gasteiger partial charge in [-0.25, -0.2) is 13.6 Å². The fourth-order valence-corrected chi connectivity index (χ4v) is 2.50. The van der Waals surface area contributed by atoms with Crippen LogP contribution in [0.2, 0.25) is 10.0 Å². The molecule has 0 bridgehead atoms. The molecule has 0 unspecified atom stereocenters. The molecule has 0 fully saturated rings. The zero-order valence-corrected chi connectivity index (χ0v) is 15.0. The third-order valence-electron chi connectivity index (χ3n) is 2.86. The minimum Gasteiger partial charge on any atom is -0.480 e. The van der Waals surface area contributed by atoms with Crippen molar-refractivity contribution in [3.8, 4) is 5.75 Å². The first-order valence-electron chi connectivity index (χ1n) is 7.14. The summed E-state index contributed by atoms with van der Waals surface area (Å²) in [4.78, 5) is 13.6. The van der Waals surface area contributed by atoms with Crippen LogP contribution in [0.15, 0.2) is 30.1 Å². The topological polar surface area (TPSA) is 79.0 Å². The summed E-state index contributed by atoms with van der Waals surface area (Å²) in [5, 5.41) is 9.11. The van der Waals surface area contributed by atoms with Crippen molar-refractivity contribution in [3.63, 3.8) is 0 Å². The van der Waals surface area contributed by atoms with Crippen LogP contribution >= 0.6 is 23.2 Å². The second-order valence-corrected chi connectivity index (χ2v) is 6.11. The predicted octanol–water partition coefficient (Wildman–Crippen LogP) is 2.71. The molecular formula is C15H19Cl2F2N3O3. The molecule has 6 nitrogen and oxygen atoms in total. The third kappa shape index (κ3) is 8.76. The lowest BCUT2D eigenvalue weighted by Gasteiger charge is -2.31. The van der Waals surface area contributed by atoms with Crippen molar-refractivity contribution in [2.75, 3.05) is 33.4 Å². The van der Waals surface area contributed by atoms with E-state index in [9.17, 15) is 13.6 Å². The number of hydrogen-bond acceptors (Lipinski definition) is 5. The smallest absolute Gasteiger partial charge is 0.341 e. The van der Waals surface area contributed by atoms with Crippen molar-refractivity contribution in [1.29, 1.82) is 0 Å². The monoisotopic (exact) mass is 397 g/mol. The van der Waals surface area contributed by atoms with Crippen LogP contribution < -0.4 is 10.5 Å². The maximum absolute atomic E-state index is 12.0. The summed E-state index contributed by atoms with van der Waals surface area (Å²) in [5.41, 5.74) is 6.15. The van der Waals surface area contributed by atoms with E-state index >= 15 is 0 Å². The van der Waals surface area contributed by atoms with Gasteiger partial charge in [-0.15, -0.1) is 0 Å². The van der Waals surface area contributed by atoms with E-state index in [0.717, 1.165) is 0 Å². The fraction of sp³-hybridized carbons (Fsp3) is 0.400. The van der Waals surface area contributed by atoms with E-state index in [0.29, 0.717) is 34.7 Å². The molecule has 1 aromatic rings. The van der Waals surface area contributed by atoms with Crippen molar-refractivity contribution in [1.82, 2.24) is 9.80 Å². The summed E-state index contributed by atoms with van der Waals surface area (Å²) in [6.45, 7) is 0.333. The molecule has 0 spiro atoms. The van der Waals surface area contributed by atoms with Gasteiger partial charge in [0.25, 0.3) is 6.43 Å². The van der Waals surface area contributed by atoms with Gasteiger partial charge in [0.05, 0.1) is 18.2 Å². The second-order valence-electron chi connectivity index (χ2n) is 5.26. The molecule has 1 aromatic carbocycles. The highest BCUT2D eigenvalue weighted by molar-refractivity contribution is 6.35. The van der Waals surface area contributed by atoms with Crippen molar-refractivity contribution < 1.29 is 23.4 Å². The molecule has 0 saturated heterocycles. The summed E-state index contributed by atoms with van der Waals surface area (Å²) < 4.78 is 28.8. The normalized spacial score (nSPS) is 14.6. The first-order chi connectivity index (χ1) is 11.7. The van der Waals surface area contributed by atoms with Crippen LogP contribution in [-0.2, 0) is 4.79 Å². The predicted molar refractivity (Wildman–Crippen MR) is 92.1 cm³/mol. The number of nitrogens with two attached hydrogens (primary N) is 1. The maximum atomic E-state index is 12.0. The number of carboxylic acid groups (broad SMARTS) is 1. The van der Waals surface area contributed by atoms with E-state index in [1.165, 1.54) is 12.1 Å².